The number of halogens is 2. The summed E-state index contributed by atoms with van der Waals surface area (Å²) in [6, 6.07) is 2.94. The number of carboxylic acid groups (broad SMARTS) is 1. The van der Waals surface area contributed by atoms with E-state index in [4.69, 9.17) is 5.11 Å². The van der Waals surface area contributed by atoms with Gasteiger partial charge in [0.1, 0.15) is 11.6 Å². The van der Waals surface area contributed by atoms with E-state index < -0.39 is 23.6 Å². The number of nitrogens with one attached hydrogen (secondary N) is 2. The predicted molar refractivity (Wildman–Crippen MR) is 70.9 cm³/mol. The van der Waals surface area contributed by atoms with Crippen molar-refractivity contribution in [3.8, 4) is 0 Å². The van der Waals surface area contributed by atoms with Crippen molar-refractivity contribution in [1.82, 2.24) is 10.6 Å². The molecule has 1 aromatic carbocycles. The SMILES string of the molecule is O=C(O)CCCNC(=O)N[C@@H]1C[C@H]1c1c(F)cccc1F. The Bertz CT molecular complexity index is 531. The van der Waals surface area contributed by atoms with Gasteiger partial charge in [0.05, 0.1) is 0 Å². The van der Waals surface area contributed by atoms with Crippen molar-refractivity contribution in [2.75, 3.05) is 6.54 Å². The highest BCUT2D eigenvalue weighted by Gasteiger charge is 2.42. The van der Waals surface area contributed by atoms with Gasteiger partial charge in [0.2, 0.25) is 0 Å². The first-order chi connectivity index (χ1) is 9.99. The van der Waals surface area contributed by atoms with Crippen LogP contribution in [0.5, 0.6) is 0 Å². The minimum atomic E-state index is -0.922. The number of carbonyl (C=O) groups excluding carboxylic acids is 1. The smallest absolute Gasteiger partial charge is 0.315 e. The van der Waals surface area contributed by atoms with Gasteiger partial charge in [-0.1, -0.05) is 6.07 Å². The van der Waals surface area contributed by atoms with Crippen molar-refractivity contribution in [3.63, 3.8) is 0 Å². The first-order valence-corrected chi connectivity index (χ1v) is 6.69. The van der Waals surface area contributed by atoms with Crippen LogP contribution in [-0.4, -0.2) is 29.7 Å². The van der Waals surface area contributed by atoms with Crippen molar-refractivity contribution in [2.45, 2.75) is 31.2 Å². The highest BCUT2D eigenvalue weighted by molar-refractivity contribution is 5.75. The topological polar surface area (TPSA) is 78.4 Å². The van der Waals surface area contributed by atoms with Crippen LogP contribution in [0.3, 0.4) is 0 Å². The molecule has 0 bridgehead atoms. The minimum absolute atomic E-state index is 0.00803. The number of urea groups is 1. The lowest BCUT2D eigenvalue weighted by Gasteiger charge is -2.08. The third kappa shape index (κ3) is 4.14. The molecule has 114 valence electrons. The summed E-state index contributed by atoms with van der Waals surface area (Å²) in [5.74, 6) is -2.48. The summed E-state index contributed by atoms with van der Waals surface area (Å²) in [5, 5.41) is 13.6. The van der Waals surface area contributed by atoms with E-state index in [1.165, 1.54) is 18.2 Å². The van der Waals surface area contributed by atoms with Gasteiger partial charge in [-0.05, 0) is 25.0 Å². The molecule has 1 fully saturated rings. The summed E-state index contributed by atoms with van der Waals surface area (Å²) >= 11 is 0. The van der Waals surface area contributed by atoms with E-state index in [2.05, 4.69) is 10.6 Å². The van der Waals surface area contributed by atoms with E-state index in [0.717, 1.165) is 0 Å². The van der Waals surface area contributed by atoms with Gasteiger partial charge in [-0.25, -0.2) is 13.6 Å². The first-order valence-electron chi connectivity index (χ1n) is 6.69. The molecule has 2 amide bonds. The average molecular weight is 298 g/mol. The van der Waals surface area contributed by atoms with Crippen LogP contribution < -0.4 is 10.6 Å². The molecule has 1 saturated carbocycles. The molecule has 0 spiro atoms. The molecular weight excluding hydrogens is 282 g/mol. The lowest BCUT2D eigenvalue weighted by Crippen LogP contribution is -2.38. The summed E-state index contributed by atoms with van der Waals surface area (Å²) in [5.41, 5.74) is 0.00803. The van der Waals surface area contributed by atoms with Crippen LogP contribution in [-0.2, 0) is 4.79 Å². The average Bonchev–Trinajstić information content (AvgIpc) is 3.13. The summed E-state index contributed by atoms with van der Waals surface area (Å²) in [6.45, 7) is 0.240. The van der Waals surface area contributed by atoms with Gasteiger partial charge in [-0.2, -0.15) is 0 Å². The van der Waals surface area contributed by atoms with Gasteiger partial charge in [0.25, 0.3) is 0 Å². The summed E-state index contributed by atoms with van der Waals surface area (Å²) in [6.07, 6.45) is 0.798. The molecule has 0 unspecified atom stereocenters. The maximum absolute atomic E-state index is 13.6. The molecule has 0 heterocycles. The second-order valence-corrected chi connectivity index (χ2v) is 4.98. The molecule has 5 nitrogen and oxygen atoms in total. The first kappa shape index (κ1) is 15.2. The number of benzene rings is 1. The molecule has 3 N–H and O–H groups in total. The molecule has 1 aliphatic rings. The van der Waals surface area contributed by atoms with Crippen LogP contribution in [0.4, 0.5) is 13.6 Å². The van der Waals surface area contributed by atoms with Crippen LogP contribution in [0, 0.1) is 11.6 Å². The Morgan fingerprint density at radius 1 is 1.29 bits per heavy atom. The zero-order valence-electron chi connectivity index (χ0n) is 11.2. The number of carboxylic acids is 1. The van der Waals surface area contributed by atoms with Gasteiger partial charge in [0, 0.05) is 30.5 Å². The largest absolute Gasteiger partial charge is 0.481 e. The molecule has 2 rings (SSSR count). The van der Waals surface area contributed by atoms with Crippen molar-refractivity contribution < 1.29 is 23.5 Å². The van der Waals surface area contributed by atoms with Crippen molar-refractivity contribution in [1.29, 1.82) is 0 Å². The van der Waals surface area contributed by atoms with E-state index in [1.807, 2.05) is 0 Å². The summed E-state index contributed by atoms with van der Waals surface area (Å²) < 4.78 is 27.1. The Labute approximate surface area is 120 Å². The van der Waals surface area contributed by atoms with Crippen LogP contribution in [0.2, 0.25) is 0 Å². The lowest BCUT2D eigenvalue weighted by molar-refractivity contribution is -0.137. The zero-order chi connectivity index (χ0) is 15.4. The van der Waals surface area contributed by atoms with Gasteiger partial charge >= 0.3 is 12.0 Å². The van der Waals surface area contributed by atoms with Gasteiger partial charge in [0.15, 0.2) is 0 Å². The number of carbonyl (C=O) groups is 2. The van der Waals surface area contributed by atoms with Crippen molar-refractivity contribution in [3.05, 3.63) is 35.4 Å². The normalized spacial score (nSPS) is 19.9. The summed E-state index contributed by atoms with van der Waals surface area (Å²) in [7, 11) is 0. The molecule has 0 saturated heterocycles. The third-order valence-electron chi connectivity index (χ3n) is 3.33. The van der Waals surface area contributed by atoms with E-state index >= 15 is 0 Å². The fourth-order valence-electron chi connectivity index (χ4n) is 2.20. The number of aliphatic carboxylic acids is 1. The second-order valence-electron chi connectivity index (χ2n) is 4.98. The predicted octanol–water partition coefficient (Wildman–Crippen LogP) is 1.98. The van der Waals surface area contributed by atoms with Crippen LogP contribution in [0.1, 0.15) is 30.7 Å². The van der Waals surface area contributed by atoms with Crippen molar-refractivity contribution in [2.24, 2.45) is 0 Å². The number of hydrogen-bond acceptors (Lipinski definition) is 2. The van der Waals surface area contributed by atoms with Gasteiger partial charge < -0.3 is 15.7 Å². The van der Waals surface area contributed by atoms with Crippen LogP contribution in [0.15, 0.2) is 18.2 Å². The third-order valence-corrected chi connectivity index (χ3v) is 3.33. The molecule has 0 aliphatic heterocycles. The van der Waals surface area contributed by atoms with Crippen molar-refractivity contribution >= 4 is 12.0 Å². The molecule has 2 atom stereocenters. The Morgan fingerprint density at radius 3 is 2.57 bits per heavy atom. The van der Waals surface area contributed by atoms with Crippen LogP contribution >= 0.6 is 0 Å². The molecule has 7 heteroatoms. The molecule has 21 heavy (non-hydrogen) atoms. The molecule has 0 radical (unpaired) electrons. The van der Waals surface area contributed by atoms with E-state index in [9.17, 15) is 18.4 Å². The Hall–Kier alpha value is -2.18. The Balaban J connectivity index is 1.76. The zero-order valence-corrected chi connectivity index (χ0v) is 11.2. The fraction of sp³-hybridized carbons (Fsp3) is 0.429. The summed E-state index contributed by atoms with van der Waals surface area (Å²) in [4.78, 5) is 21.8. The van der Waals surface area contributed by atoms with E-state index in [1.54, 1.807) is 0 Å². The maximum Gasteiger partial charge on any atom is 0.315 e. The lowest BCUT2D eigenvalue weighted by atomic mass is 10.1. The number of amides is 2. The number of hydrogen-bond donors (Lipinski definition) is 3. The Kier molecular flexibility index (Phi) is 4.72. The highest BCUT2D eigenvalue weighted by Crippen LogP contribution is 2.42. The standard InChI is InChI=1S/C14H16F2N2O3/c15-9-3-1-4-10(16)13(9)8-7-11(8)18-14(21)17-6-2-5-12(19)20/h1,3-4,8,11H,2,5-7H2,(H,19,20)(H2,17,18,21)/t8-,11-/m1/s1. The van der Waals surface area contributed by atoms with Gasteiger partial charge in [-0.15, -0.1) is 0 Å². The number of rotatable bonds is 6. The maximum atomic E-state index is 13.6. The van der Waals surface area contributed by atoms with E-state index in [-0.39, 0.29) is 30.5 Å². The molecule has 1 aliphatic carbocycles. The molecule has 1 aromatic rings. The minimum Gasteiger partial charge on any atom is -0.481 e. The molecule has 0 aromatic heterocycles. The van der Waals surface area contributed by atoms with E-state index in [0.29, 0.717) is 12.8 Å². The monoisotopic (exact) mass is 298 g/mol. The van der Waals surface area contributed by atoms with Crippen LogP contribution in [0.25, 0.3) is 0 Å². The Morgan fingerprint density at radius 2 is 1.95 bits per heavy atom. The fourth-order valence-corrected chi connectivity index (χ4v) is 2.20. The van der Waals surface area contributed by atoms with Gasteiger partial charge in [-0.3, -0.25) is 4.79 Å². The molecular formula is C14H16F2N2O3. The second kappa shape index (κ2) is 6.51. The highest BCUT2D eigenvalue weighted by atomic mass is 19.1. The quantitative estimate of drug-likeness (QED) is 0.703.